The van der Waals surface area contributed by atoms with E-state index in [0.717, 1.165) is 30.9 Å². The van der Waals surface area contributed by atoms with E-state index in [0.29, 0.717) is 6.54 Å². The predicted octanol–water partition coefficient (Wildman–Crippen LogP) is 3.08. The van der Waals surface area contributed by atoms with E-state index in [2.05, 4.69) is 31.9 Å². The van der Waals surface area contributed by atoms with Gasteiger partial charge in [-0.25, -0.2) is 4.68 Å². The van der Waals surface area contributed by atoms with Gasteiger partial charge in [-0.2, -0.15) is 5.10 Å². The minimum absolute atomic E-state index is 0.0543. The Morgan fingerprint density at radius 3 is 2.58 bits per heavy atom. The van der Waals surface area contributed by atoms with Crippen molar-refractivity contribution in [1.82, 2.24) is 14.7 Å². The van der Waals surface area contributed by atoms with Crippen molar-refractivity contribution >= 4 is 5.97 Å². The van der Waals surface area contributed by atoms with Crippen LogP contribution in [-0.4, -0.2) is 38.8 Å². The van der Waals surface area contributed by atoms with Gasteiger partial charge in [0.05, 0.1) is 17.3 Å². The average Bonchev–Trinajstić information content (AvgIpc) is 3.15. The van der Waals surface area contributed by atoms with Gasteiger partial charge in [-0.1, -0.05) is 39.0 Å². The zero-order chi connectivity index (χ0) is 17.3. The second-order valence-electron chi connectivity index (χ2n) is 7.59. The predicted molar refractivity (Wildman–Crippen MR) is 93.3 cm³/mol. The third-order valence-electron chi connectivity index (χ3n) is 4.54. The SMILES string of the molecule is CC(C)(C)c1nn(-c2ccccc2)cc1CN1CCC(C(=O)O)C1. The molecule has 1 fully saturated rings. The van der Waals surface area contributed by atoms with Crippen molar-refractivity contribution in [1.29, 1.82) is 0 Å². The highest BCUT2D eigenvalue weighted by Crippen LogP contribution is 2.28. The molecular weight excluding hydrogens is 302 g/mol. The van der Waals surface area contributed by atoms with Gasteiger partial charge < -0.3 is 5.11 Å². The molecule has 5 nitrogen and oxygen atoms in total. The summed E-state index contributed by atoms with van der Waals surface area (Å²) in [6.45, 7) is 8.70. The Morgan fingerprint density at radius 1 is 1.29 bits per heavy atom. The van der Waals surface area contributed by atoms with E-state index in [4.69, 9.17) is 5.10 Å². The molecule has 1 aromatic carbocycles. The molecule has 0 saturated carbocycles. The Hall–Kier alpha value is -2.14. The van der Waals surface area contributed by atoms with Crippen molar-refractivity contribution in [3.63, 3.8) is 0 Å². The van der Waals surface area contributed by atoms with Gasteiger partial charge in [-0.3, -0.25) is 9.69 Å². The van der Waals surface area contributed by atoms with E-state index in [1.54, 1.807) is 0 Å². The number of nitrogens with zero attached hydrogens (tertiary/aromatic N) is 3. The van der Waals surface area contributed by atoms with Gasteiger partial charge in [-0.15, -0.1) is 0 Å². The summed E-state index contributed by atoms with van der Waals surface area (Å²) in [6.07, 6.45) is 2.82. The van der Waals surface area contributed by atoms with Gasteiger partial charge in [-0.05, 0) is 25.1 Å². The lowest BCUT2D eigenvalue weighted by Crippen LogP contribution is -2.24. The second-order valence-corrected chi connectivity index (χ2v) is 7.59. The minimum Gasteiger partial charge on any atom is -0.481 e. The number of rotatable bonds is 4. The Labute approximate surface area is 142 Å². The summed E-state index contributed by atoms with van der Waals surface area (Å²) in [5, 5.41) is 14.0. The maximum atomic E-state index is 11.2. The maximum absolute atomic E-state index is 11.2. The van der Waals surface area contributed by atoms with Crippen LogP contribution in [0.2, 0.25) is 0 Å². The molecule has 1 saturated heterocycles. The molecule has 1 N–H and O–H groups in total. The number of carboxylic acids is 1. The van der Waals surface area contributed by atoms with E-state index >= 15 is 0 Å². The minimum atomic E-state index is -0.687. The molecule has 0 aliphatic carbocycles. The number of hydrogen-bond acceptors (Lipinski definition) is 3. The fraction of sp³-hybridized carbons (Fsp3) is 0.474. The van der Waals surface area contributed by atoms with Crippen LogP contribution in [0.1, 0.15) is 38.4 Å². The topological polar surface area (TPSA) is 58.4 Å². The molecular formula is C19H25N3O2. The third kappa shape index (κ3) is 3.51. The number of benzene rings is 1. The van der Waals surface area contributed by atoms with Crippen LogP contribution in [-0.2, 0) is 16.8 Å². The molecule has 2 aromatic rings. The molecule has 1 aliphatic rings. The van der Waals surface area contributed by atoms with Crippen LogP contribution in [0.3, 0.4) is 0 Å². The molecule has 0 radical (unpaired) electrons. The summed E-state index contributed by atoms with van der Waals surface area (Å²) in [7, 11) is 0. The average molecular weight is 327 g/mol. The first-order chi connectivity index (χ1) is 11.3. The zero-order valence-electron chi connectivity index (χ0n) is 14.6. The first-order valence-electron chi connectivity index (χ1n) is 8.44. The highest BCUT2D eigenvalue weighted by atomic mass is 16.4. The van der Waals surface area contributed by atoms with E-state index in [-0.39, 0.29) is 11.3 Å². The Kier molecular flexibility index (Phi) is 4.45. The summed E-state index contributed by atoms with van der Waals surface area (Å²) in [6, 6.07) is 10.1. The molecule has 1 aliphatic heterocycles. The van der Waals surface area contributed by atoms with Crippen molar-refractivity contribution in [2.45, 2.75) is 39.2 Å². The number of para-hydroxylation sites is 1. The first-order valence-corrected chi connectivity index (χ1v) is 8.44. The second kappa shape index (κ2) is 6.40. The molecule has 0 bridgehead atoms. The number of likely N-dealkylation sites (tertiary alicyclic amines) is 1. The molecule has 0 amide bonds. The third-order valence-corrected chi connectivity index (χ3v) is 4.54. The van der Waals surface area contributed by atoms with Gasteiger partial charge in [0.15, 0.2) is 0 Å². The fourth-order valence-electron chi connectivity index (χ4n) is 3.29. The van der Waals surface area contributed by atoms with Gasteiger partial charge in [0.2, 0.25) is 0 Å². The van der Waals surface area contributed by atoms with E-state index in [9.17, 15) is 9.90 Å². The largest absolute Gasteiger partial charge is 0.481 e. The van der Waals surface area contributed by atoms with Crippen molar-refractivity contribution < 1.29 is 9.90 Å². The zero-order valence-corrected chi connectivity index (χ0v) is 14.6. The van der Waals surface area contributed by atoms with Crippen LogP contribution >= 0.6 is 0 Å². The number of aromatic nitrogens is 2. The lowest BCUT2D eigenvalue weighted by Gasteiger charge is -2.20. The van der Waals surface area contributed by atoms with Crippen molar-refractivity contribution in [3.05, 3.63) is 47.8 Å². The molecule has 24 heavy (non-hydrogen) atoms. The Morgan fingerprint density at radius 2 is 2.00 bits per heavy atom. The maximum Gasteiger partial charge on any atom is 0.307 e. The quantitative estimate of drug-likeness (QED) is 0.937. The summed E-state index contributed by atoms with van der Waals surface area (Å²) in [5.41, 5.74) is 3.24. The van der Waals surface area contributed by atoms with Crippen LogP contribution < -0.4 is 0 Å². The first kappa shape index (κ1) is 16.7. The molecule has 1 aromatic heterocycles. The monoisotopic (exact) mass is 327 g/mol. The lowest BCUT2D eigenvalue weighted by atomic mass is 9.89. The fourth-order valence-corrected chi connectivity index (χ4v) is 3.29. The van der Waals surface area contributed by atoms with Crippen LogP contribution in [0.4, 0.5) is 0 Å². The number of hydrogen-bond donors (Lipinski definition) is 1. The van der Waals surface area contributed by atoms with E-state index in [1.807, 2.05) is 35.0 Å². The summed E-state index contributed by atoms with van der Waals surface area (Å²) in [5.74, 6) is -0.930. The number of carboxylic acid groups (broad SMARTS) is 1. The van der Waals surface area contributed by atoms with Gasteiger partial charge in [0.25, 0.3) is 0 Å². The van der Waals surface area contributed by atoms with Crippen molar-refractivity contribution in [3.8, 4) is 5.69 Å². The molecule has 1 atom stereocenters. The van der Waals surface area contributed by atoms with Crippen LogP contribution in [0, 0.1) is 5.92 Å². The van der Waals surface area contributed by atoms with Gasteiger partial charge >= 0.3 is 5.97 Å². The Balaban J connectivity index is 1.87. The van der Waals surface area contributed by atoms with Crippen molar-refractivity contribution in [2.75, 3.05) is 13.1 Å². The highest BCUT2D eigenvalue weighted by Gasteiger charge is 2.30. The Bertz CT molecular complexity index is 716. The molecule has 0 spiro atoms. The molecule has 5 heteroatoms. The molecule has 128 valence electrons. The normalized spacial score (nSPS) is 18.9. The van der Waals surface area contributed by atoms with Gasteiger partial charge in [0.1, 0.15) is 0 Å². The van der Waals surface area contributed by atoms with Crippen LogP contribution in [0.5, 0.6) is 0 Å². The number of carbonyl (C=O) groups is 1. The standard InChI is InChI=1S/C19H25N3O2/c1-19(2,3)17-15(12-21-10-9-14(11-21)18(23)24)13-22(20-17)16-7-5-4-6-8-16/h4-8,13-14H,9-12H2,1-3H3,(H,23,24). The lowest BCUT2D eigenvalue weighted by molar-refractivity contribution is -0.141. The molecule has 2 heterocycles. The van der Waals surface area contributed by atoms with Gasteiger partial charge in [0, 0.05) is 30.3 Å². The summed E-state index contributed by atoms with van der Waals surface area (Å²) < 4.78 is 1.93. The number of aliphatic carboxylic acids is 1. The van der Waals surface area contributed by atoms with Crippen molar-refractivity contribution in [2.24, 2.45) is 5.92 Å². The molecule has 1 unspecified atom stereocenters. The highest BCUT2D eigenvalue weighted by molar-refractivity contribution is 5.70. The van der Waals surface area contributed by atoms with E-state index in [1.165, 1.54) is 5.56 Å². The smallest absolute Gasteiger partial charge is 0.307 e. The van der Waals surface area contributed by atoms with E-state index < -0.39 is 5.97 Å². The molecule has 3 rings (SSSR count). The summed E-state index contributed by atoms with van der Waals surface area (Å²) in [4.78, 5) is 13.4. The van der Waals surface area contributed by atoms with Crippen LogP contribution in [0.25, 0.3) is 5.69 Å². The summed E-state index contributed by atoms with van der Waals surface area (Å²) >= 11 is 0. The van der Waals surface area contributed by atoms with Crippen LogP contribution in [0.15, 0.2) is 36.5 Å².